The van der Waals surface area contributed by atoms with Crippen molar-refractivity contribution in [2.24, 2.45) is 0 Å². The van der Waals surface area contributed by atoms with Crippen LogP contribution in [0.2, 0.25) is 0 Å². The van der Waals surface area contributed by atoms with Crippen molar-refractivity contribution < 1.29 is 33.6 Å². The maximum absolute atomic E-state index is 13.1. The minimum absolute atomic E-state index is 0.0815. The van der Waals surface area contributed by atoms with Gasteiger partial charge in [0, 0.05) is 27.2 Å². The van der Waals surface area contributed by atoms with E-state index in [1.54, 1.807) is 26.6 Å². The molecule has 1 aliphatic rings. The number of amides is 1. The van der Waals surface area contributed by atoms with Crippen molar-refractivity contribution >= 4 is 5.91 Å². The fourth-order valence-corrected chi connectivity index (χ4v) is 6.15. The Hall–Kier alpha value is -1.45. The van der Waals surface area contributed by atoms with Crippen LogP contribution in [-0.2, 0) is 28.5 Å². The summed E-state index contributed by atoms with van der Waals surface area (Å²) in [7, 11) is 3.31. The molecule has 6 atom stereocenters. The van der Waals surface area contributed by atoms with Crippen molar-refractivity contribution in [1.82, 2.24) is 5.32 Å². The zero-order valence-electron chi connectivity index (χ0n) is 30.9. The summed E-state index contributed by atoms with van der Waals surface area (Å²) in [5.74, 6) is -0.0815. The van der Waals surface area contributed by atoms with Crippen LogP contribution in [0, 0.1) is 0 Å². The summed E-state index contributed by atoms with van der Waals surface area (Å²) in [6.07, 6.45) is 28.9. The van der Waals surface area contributed by atoms with Gasteiger partial charge >= 0.3 is 0 Å². The molecule has 1 amide bonds. The van der Waals surface area contributed by atoms with E-state index in [2.05, 4.69) is 31.3 Å². The number of carbonyl (C=O) groups excluding carboxylic acids is 1. The van der Waals surface area contributed by atoms with Gasteiger partial charge in [0.2, 0.25) is 12.2 Å². The molecule has 1 saturated heterocycles. The zero-order chi connectivity index (χ0) is 34.4. The van der Waals surface area contributed by atoms with Gasteiger partial charge in [-0.1, -0.05) is 116 Å². The van der Waals surface area contributed by atoms with Gasteiger partial charge in [-0.3, -0.25) is 4.79 Å². The lowest BCUT2D eigenvalue weighted by Gasteiger charge is -2.44. The van der Waals surface area contributed by atoms with Crippen LogP contribution >= 0.6 is 0 Å². The van der Waals surface area contributed by atoms with E-state index in [0.29, 0.717) is 19.4 Å². The Morgan fingerprint density at radius 1 is 0.830 bits per heavy atom. The van der Waals surface area contributed by atoms with Gasteiger partial charge < -0.3 is 34.1 Å². The van der Waals surface area contributed by atoms with Crippen LogP contribution in [0.25, 0.3) is 0 Å². The Labute approximate surface area is 288 Å². The topological polar surface area (TPSA) is 95.5 Å². The Morgan fingerprint density at radius 3 is 2.04 bits per heavy atom. The Morgan fingerprint density at radius 2 is 1.43 bits per heavy atom. The first-order valence-corrected chi connectivity index (χ1v) is 19.2. The van der Waals surface area contributed by atoms with E-state index in [4.69, 9.17) is 23.7 Å². The fraction of sp³-hybridized carbons (Fsp3) is 0.872. The van der Waals surface area contributed by atoms with Crippen molar-refractivity contribution in [1.29, 1.82) is 0 Å². The quantitative estimate of drug-likeness (QED) is 0.0433. The molecule has 276 valence electrons. The molecule has 0 unspecified atom stereocenters. The normalized spacial score (nSPS) is 22.3. The summed E-state index contributed by atoms with van der Waals surface area (Å²) < 4.78 is 29.3. The average molecular weight is 668 g/mol. The van der Waals surface area contributed by atoms with Crippen molar-refractivity contribution in [3.05, 3.63) is 24.5 Å². The lowest BCUT2D eigenvalue weighted by atomic mass is 9.96. The first kappa shape index (κ1) is 43.6. The number of ether oxygens (including phenoxy) is 5. The van der Waals surface area contributed by atoms with Crippen molar-refractivity contribution in [3.8, 4) is 0 Å². The predicted molar refractivity (Wildman–Crippen MR) is 192 cm³/mol. The molecule has 1 aliphatic heterocycles. The first-order chi connectivity index (χ1) is 23.0. The van der Waals surface area contributed by atoms with Gasteiger partial charge in [-0.25, -0.2) is 0 Å². The first-order valence-electron chi connectivity index (χ1n) is 19.2. The van der Waals surface area contributed by atoms with Crippen LogP contribution < -0.4 is 5.32 Å². The third-order valence-electron chi connectivity index (χ3n) is 9.06. The van der Waals surface area contributed by atoms with E-state index < -0.39 is 30.6 Å². The predicted octanol–water partition coefficient (Wildman–Crippen LogP) is 8.94. The fourth-order valence-electron chi connectivity index (χ4n) is 6.15. The number of aliphatic hydroxyl groups is 1. The van der Waals surface area contributed by atoms with Gasteiger partial charge in [0.15, 0.2) is 0 Å². The van der Waals surface area contributed by atoms with Crippen molar-refractivity contribution in [2.75, 3.05) is 27.4 Å². The molecular weight excluding hydrogens is 594 g/mol. The van der Waals surface area contributed by atoms with Crippen molar-refractivity contribution in [2.45, 2.75) is 192 Å². The standard InChI is InChI=1S/C39H73NO7/c1-6-9-11-13-14-15-16-17-18-19-20-21-22-24-26-28-35(41)40-36-38(37(42)34(32-43-4)47-39(36)46-30-8-3)45-31-29-33(44-5)27-25-23-12-10-7-2/h8,15-16,30,33-34,36-39,42H,6-7,9-14,17-29,31-32H2,1-5H3,(H,40,41)/b16-15-,30-8+/t33-,34-,36-,37-,38-,39+/m1/s1. The number of methoxy groups -OCH3 is 2. The summed E-state index contributed by atoms with van der Waals surface area (Å²) >= 11 is 0. The second-order valence-corrected chi connectivity index (χ2v) is 13.2. The Balaban J connectivity index is 2.53. The van der Waals surface area contributed by atoms with Crippen LogP contribution in [-0.4, -0.2) is 75.2 Å². The van der Waals surface area contributed by atoms with E-state index in [1.165, 1.54) is 89.9 Å². The van der Waals surface area contributed by atoms with Gasteiger partial charge in [-0.05, 0) is 51.9 Å². The van der Waals surface area contributed by atoms with Gasteiger partial charge in [0.1, 0.15) is 24.4 Å². The smallest absolute Gasteiger partial charge is 0.222 e. The summed E-state index contributed by atoms with van der Waals surface area (Å²) in [5, 5.41) is 14.3. The highest BCUT2D eigenvalue weighted by Gasteiger charge is 2.47. The minimum Gasteiger partial charge on any atom is -0.471 e. The van der Waals surface area contributed by atoms with Crippen LogP contribution in [0.1, 0.15) is 156 Å². The number of allylic oxidation sites excluding steroid dienone is 3. The number of unbranched alkanes of at least 4 members (excludes halogenated alkanes) is 15. The Bertz CT molecular complexity index is 776. The molecule has 0 aromatic heterocycles. The zero-order valence-corrected chi connectivity index (χ0v) is 30.9. The highest BCUT2D eigenvalue weighted by molar-refractivity contribution is 5.76. The third kappa shape index (κ3) is 21.3. The number of hydrogen-bond donors (Lipinski definition) is 2. The molecule has 0 saturated carbocycles. The molecule has 0 spiro atoms. The van der Waals surface area contributed by atoms with Gasteiger partial charge in [-0.15, -0.1) is 0 Å². The highest BCUT2D eigenvalue weighted by atomic mass is 16.7. The summed E-state index contributed by atoms with van der Waals surface area (Å²) in [4.78, 5) is 13.1. The SMILES string of the molecule is C/C=C/O[C@H]1O[C@H](COC)[C@@H](O)[C@H](OCC[C@@H](CCCCCCC)OC)[C@H]1NC(=O)CCCCCCCCC/C=C\CCCCCC. The van der Waals surface area contributed by atoms with E-state index in [0.717, 1.165) is 32.1 Å². The molecule has 47 heavy (non-hydrogen) atoms. The second kappa shape index (κ2) is 30.6. The maximum atomic E-state index is 13.1. The molecule has 8 nitrogen and oxygen atoms in total. The summed E-state index contributed by atoms with van der Waals surface area (Å²) in [6, 6.07) is -0.665. The van der Waals surface area contributed by atoms with Crippen LogP contribution in [0.3, 0.4) is 0 Å². The molecule has 1 rings (SSSR count). The third-order valence-corrected chi connectivity index (χ3v) is 9.06. The molecule has 8 heteroatoms. The van der Waals surface area contributed by atoms with Gasteiger partial charge in [-0.2, -0.15) is 0 Å². The molecule has 1 heterocycles. The maximum Gasteiger partial charge on any atom is 0.222 e. The molecule has 0 radical (unpaired) electrons. The van der Waals surface area contributed by atoms with Gasteiger partial charge in [0.25, 0.3) is 0 Å². The van der Waals surface area contributed by atoms with E-state index >= 15 is 0 Å². The minimum atomic E-state index is -0.984. The van der Waals surface area contributed by atoms with Crippen LogP contribution in [0.5, 0.6) is 0 Å². The van der Waals surface area contributed by atoms with Crippen LogP contribution in [0.4, 0.5) is 0 Å². The molecule has 0 aliphatic carbocycles. The monoisotopic (exact) mass is 668 g/mol. The van der Waals surface area contributed by atoms with E-state index in [-0.39, 0.29) is 18.6 Å². The number of aliphatic hydroxyl groups excluding tert-OH is 1. The molecule has 1 fully saturated rings. The average Bonchev–Trinajstić information content (AvgIpc) is 3.07. The Kier molecular flexibility index (Phi) is 28.4. The van der Waals surface area contributed by atoms with E-state index in [1.807, 2.05) is 6.92 Å². The number of hydrogen-bond acceptors (Lipinski definition) is 7. The second-order valence-electron chi connectivity index (χ2n) is 13.2. The number of rotatable bonds is 31. The lowest BCUT2D eigenvalue weighted by molar-refractivity contribution is -0.265. The molecule has 0 aromatic carbocycles. The van der Waals surface area contributed by atoms with Gasteiger partial charge in [0.05, 0.1) is 19.0 Å². The largest absolute Gasteiger partial charge is 0.471 e. The summed E-state index contributed by atoms with van der Waals surface area (Å²) in [5.41, 5.74) is 0. The number of carbonyl (C=O) groups is 1. The molecule has 0 bridgehead atoms. The van der Waals surface area contributed by atoms with Crippen molar-refractivity contribution in [3.63, 3.8) is 0 Å². The molecule has 0 aromatic rings. The molecule has 2 N–H and O–H groups in total. The lowest BCUT2D eigenvalue weighted by Crippen LogP contribution is -2.65. The summed E-state index contributed by atoms with van der Waals surface area (Å²) in [6.45, 7) is 6.91. The highest BCUT2D eigenvalue weighted by Crippen LogP contribution is 2.26. The molecular formula is C39H73NO7. The van der Waals surface area contributed by atoms with Crippen LogP contribution in [0.15, 0.2) is 24.5 Å². The number of nitrogens with one attached hydrogen (secondary N) is 1. The van der Waals surface area contributed by atoms with E-state index in [9.17, 15) is 9.90 Å².